The Bertz CT molecular complexity index is 590. The van der Waals surface area contributed by atoms with Crippen molar-refractivity contribution in [3.63, 3.8) is 0 Å². The van der Waals surface area contributed by atoms with Crippen LogP contribution in [0.4, 0.5) is 0 Å². The van der Waals surface area contributed by atoms with Crippen molar-refractivity contribution in [2.75, 3.05) is 13.1 Å². The van der Waals surface area contributed by atoms with Gasteiger partial charge in [0.1, 0.15) is 5.54 Å². The molecule has 3 N–H and O–H groups in total. The van der Waals surface area contributed by atoms with Gasteiger partial charge in [-0.1, -0.05) is 36.8 Å². The Morgan fingerprint density at radius 2 is 2.17 bits per heavy atom. The predicted molar refractivity (Wildman–Crippen MR) is 91.6 cm³/mol. The number of rotatable bonds is 6. The number of piperidine rings is 1. The number of carbonyl (C=O) groups excluding carboxylic acids is 1. The summed E-state index contributed by atoms with van der Waals surface area (Å²) in [5, 5.41) is 30.7. The number of benzene rings is 1. The van der Waals surface area contributed by atoms with E-state index in [0.29, 0.717) is 25.9 Å². The van der Waals surface area contributed by atoms with Crippen LogP contribution in [0.1, 0.15) is 25.3 Å². The second-order valence-corrected chi connectivity index (χ2v) is 6.66. The summed E-state index contributed by atoms with van der Waals surface area (Å²) in [4.78, 5) is 13.7. The highest BCUT2D eigenvalue weighted by Gasteiger charge is 2.40. The highest BCUT2D eigenvalue weighted by molar-refractivity contribution is 6.40. The summed E-state index contributed by atoms with van der Waals surface area (Å²) in [7, 11) is -1.34. The first kappa shape index (κ1) is 18.5. The van der Waals surface area contributed by atoms with Crippen molar-refractivity contribution < 1.29 is 14.8 Å². The SMILES string of the molecule is CC(=O)N[C@]1(C#N)C[C@H](CCB(O)O)CN(Cc2ccccc2)C1. The molecule has 0 aromatic heterocycles. The first-order chi connectivity index (χ1) is 11.4. The van der Waals surface area contributed by atoms with E-state index in [1.807, 2.05) is 30.3 Å². The van der Waals surface area contributed by atoms with Crippen LogP contribution in [0.3, 0.4) is 0 Å². The van der Waals surface area contributed by atoms with Crippen molar-refractivity contribution in [2.24, 2.45) is 5.92 Å². The minimum absolute atomic E-state index is 0.121. The fraction of sp³-hybridized carbons (Fsp3) is 0.529. The van der Waals surface area contributed by atoms with Crippen molar-refractivity contribution in [3.8, 4) is 6.07 Å². The molecule has 2 rings (SSSR count). The summed E-state index contributed by atoms with van der Waals surface area (Å²) in [6, 6.07) is 12.3. The second kappa shape index (κ2) is 8.29. The van der Waals surface area contributed by atoms with Gasteiger partial charge in [-0.05, 0) is 24.2 Å². The van der Waals surface area contributed by atoms with Crippen LogP contribution in [-0.4, -0.2) is 46.6 Å². The molecular formula is C17H24BN3O3. The zero-order chi connectivity index (χ0) is 17.6. The highest BCUT2D eigenvalue weighted by atomic mass is 16.4. The Labute approximate surface area is 143 Å². The van der Waals surface area contributed by atoms with Crippen LogP contribution in [-0.2, 0) is 11.3 Å². The number of nitrogens with zero attached hydrogens (tertiary/aromatic N) is 2. The lowest BCUT2D eigenvalue weighted by Crippen LogP contribution is -2.59. The maximum atomic E-state index is 11.6. The van der Waals surface area contributed by atoms with Gasteiger partial charge in [0, 0.05) is 26.6 Å². The van der Waals surface area contributed by atoms with E-state index in [9.17, 15) is 10.1 Å². The molecule has 1 aliphatic rings. The predicted octanol–water partition coefficient (Wildman–Crippen LogP) is 0.770. The molecule has 1 amide bonds. The Morgan fingerprint density at radius 3 is 2.75 bits per heavy atom. The van der Waals surface area contributed by atoms with E-state index in [1.54, 1.807) is 0 Å². The molecule has 0 unspecified atom stereocenters. The third kappa shape index (κ3) is 5.34. The molecule has 1 aromatic rings. The largest absolute Gasteiger partial charge is 0.451 e. The zero-order valence-corrected chi connectivity index (χ0v) is 14.0. The molecule has 0 spiro atoms. The molecule has 0 radical (unpaired) electrons. The van der Waals surface area contributed by atoms with Crippen LogP contribution >= 0.6 is 0 Å². The summed E-state index contributed by atoms with van der Waals surface area (Å²) in [6.07, 6.45) is 1.40. The third-order valence-corrected chi connectivity index (χ3v) is 4.36. The second-order valence-electron chi connectivity index (χ2n) is 6.66. The van der Waals surface area contributed by atoms with Crippen LogP contribution in [0.15, 0.2) is 30.3 Å². The molecule has 0 aliphatic carbocycles. The topological polar surface area (TPSA) is 96.6 Å². The first-order valence-corrected chi connectivity index (χ1v) is 8.25. The van der Waals surface area contributed by atoms with E-state index in [-0.39, 0.29) is 18.1 Å². The molecule has 1 aromatic carbocycles. The average molecular weight is 329 g/mol. The summed E-state index contributed by atoms with van der Waals surface area (Å²) in [6.45, 7) is 3.35. The molecule has 7 heteroatoms. The van der Waals surface area contributed by atoms with Gasteiger partial charge >= 0.3 is 7.12 Å². The van der Waals surface area contributed by atoms with Crippen LogP contribution in [0, 0.1) is 17.2 Å². The zero-order valence-electron chi connectivity index (χ0n) is 14.0. The summed E-state index contributed by atoms with van der Waals surface area (Å²) >= 11 is 0. The van der Waals surface area contributed by atoms with Crippen molar-refractivity contribution in [3.05, 3.63) is 35.9 Å². The Hall–Kier alpha value is -1.88. The molecule has 1 saturated heterocycles. The van der Waals surface area contributed by atoms with Gasteiger partial charge in [-0.15, -0.1) is 0 Å². The van der Waals surface area contributed by atoms with Gasteiger partial charge in [-0.3, -0.25) is 9.69 Å². The van der Waals surface area contributed by atoms with E-state index in [0.717, 1.165) is 12.1 Å². The van der Waals surface area contributed by atoms with E-state index in [2.05, 4.69) is 16.3 Å². The number of hydrogen-bond donors (Lipinski definition) is 3. The molecule has 1 fully saturated rings. The minimum atomic E-state index is -1.34. The van der Waals surface area contributed by atoms with Gasteiger partial charge in [-0.2, -0.15) is 5.26 Å². The van der Waals surface area contributed by atoms with Crippen molar-refractivity contribution in [2.45, 2.75) is 38.2 Å². The normalized spacial score (nSPS) is 24.2. The molecule has 1 heterocycles. The molecular weight excluding hydrogens is 305 g/mol. The molecule has 1 aliphatic heterocycles. The number of nitrogens with one attached hydrogen (secondary N) is 1. The molecule has 0 bridgehead atoms. The Balaban J connectivity index is 2.14. The van der Waals surface area contributed by atoms with Crippen LogP contribution in [0.5, 0.6) is 0 Å². The van der Waals surface area contributed by atoms with Gasteiger partial charge < -0.3 is 15.4 Å². The van der Waals surface area contributed by atoms with Gasteiger partial charge in [0.15, 0.2) is 0 Å². The smallest absolute Gasteiger partial charge is 0.427 e. The molecule has 24 heavy (non-hydrogen) atoms. The number of hydrogen-bond acceptors (Lipinski definition) is 5. The van der Waals surface area contributed by atoms with Crippen molar-refractivity contribution in [1.82, 2.24) is 10.2 Å². The van der Waals surface area contributed by atoms with E-state index in [1.165, 1.54) is 6.92 Å². The number of nitriles is 1. The molecule has 128 valence electrons. The third-order valence-electron chi connectivity index (χ3n) is 4.36. The van der Waals surface area contributed by atoms with Crippen molar-refractivity contribution >= 4 is 13.0 Å². The number of amides is 1. The van der Waals surface area contributed by atoms with Crippen molar-refractivity contribution in [1.29, 1.82) is 5.26 Å². The lowest BCUT2D eigenvalue weighted by Gasteiger charge is -2.43. The van der Waals surface area contributed by atoms with Crippen LogP contribution in [0.2, 0.25) is 6.32 Å². The summed E-state index contributed by atoms with van der Waals surface area (Å²) < 4.78 is 0. The van der Waals surface area contributed by atoms with Crippen LogP contribution < -0.4 is 5.32 Å². The maximum Gasteiger partial charge on any atom is 0.451 e. The fourth-order valence-electron chi connectivity index (χ4n) is 3.51. The Morgan fingerprint density at radius 1 is 1.46 bits per heavy atom. The van der Waals surface area contributed by atoms with E-state index in [4.69, 9.17) is 10.0 Å². The lowest BCUT2D eigenvalue weighted by molar-refractivity contribution is -0.121. The molecule has 6 nitrogen and oxygen atoms in total. The average Bonchev–Trinajstić information content (AvgIpc) is 2.53. The van der Waals surface area contributed by atoms with E-state index < -0.39 is 12.7 Å². The monoisotopic (exact) mass is 329 g/mol. The Kier molecular flexibility index (Phi) is 6.38. The quantitative estimate of drug-likeness (QED) is 0.670. The van der Waals surface area contributed by atoms with Gasteiger partial charge in [-0.25, -0.2) is 0 Å². The maximum absolute atomic E-state index is 11.6. The lowest BCUT2D eigenvalue weighted by atomic mass is 9.75. The summed E-state index contributed by atoms with van der Waals surface area (Å²) in [5.74, 6) is -0.102. The molecule has 0 saturated carbocycles. The number of likely N-dealkylation sites (tertiary alicyclic amines) is 1. The summed E-state index contributed by atoms with van der Waals surface area (Å²) in [5.41, 5.74) is 0.222. The van der Waals surface area contributed by atoms with Gasteiger partial charge in [0.05, 0.1) is 6.07 Å². The van der Waals surface area contributed by atoms with Gasteiger partial charge in [0.25, 0.3) is 0 Å². The first-order valence-electron chi connectivity index (χ1n) is 8.25. The van der Waals surface area contributed by atoms with E-state index >= 15 is 0 Å². The van der Waals surface area contributed by atoms with Crippen LogP contribution in [0.25, 0.3) is 0 Å². The minimum Gasteiger partial charge on any atom is -0.427 e. The number of carbonyl (C=O) groups is 1. The standard InChI is InChI=1S/C17H24BN3O3/c1-14(22)20-17(12-19)9-16(7-8-18(23)24)11-21(13-17)10-15-5-3-2-4-6-15/h2-6,16,23-24H,7-11,13H2,1H3,(H,20,22)/t16-,17-/m0/s1. The highest BCUT2D eigenvalue weighted by Crippen LogP contribution is 2.29. The fourth-order valence-corrected chi connectivity index (χ4v) is 3.51. The van der Waals surface area contributed by atoms with Gasteiger partial charge in [0.2, 0.25) is 5.91 Å². The molecule has 2 atom stereocenters.